The molecular formula is C27H25BrClF2N5O6. The Morgan fingerprint density at radius 3 is 2.64 bits per heavy atom. The summed E-state index contributed by atoms with van der Waals surface area (Å²) in [6.45, 7) is -0.667. The summed E-state index contributed by atoms with van der Waals surface area (Å²) in [7, 11) is 1.30. The molecule has 1 aromatic heterocycles. The molecule has 11 nitrogen and oxygen atoms in total. The molecule has 2 heterocycles. The van der Waals surface area contributed by atoms with E-state index < -0.39 is 71.8 Å². The SMILES string of the molecule is COC1C(C(=O)N(c2cc(Br)cc(C#N)c2)[C@H]2CC[C@@H]2O)OC(CO)C(O)C1n1cc(-c2cc(F)c(F)c(Cl)c2)nn1. The Morgan fingerprint density at radius 1 is 1.29 bits per heavy atom. The summed E-state index contributed by atoms with van der Waals surface area (Å²) in [6.07, 6.45) is -3.86. The van der Waals surface area contributed by atoms with Crippen molar-refractivity contribution in [2.45, 2.75) is 55.4 Å². The maximum absolute atomic E-state index is 14.2. The molecule has 1 saturated carbocycles. The van der Waals surface area contributed by atoms with E-state index in [9.17, 15) is 34.2 Å². The van der Waals surface area contributed by atoms with Gasteiger partial charge in [-0.1, -0.05) is 32.7 Å². The molecule has 3 N–H and O–H groups in total. The van der Waals surface area contributed by atoms with Crippen LogP contribution in [0.2, 0.25) is 5.02 Å². The number of aliphatic hydroxyl groups excluding tert-OH is 3. The van der Waals surface area contributed by atoms with Gasteiger partial charge in [-0.3, -0.25) is 4.79 Å². The molecule has 1 aliphatic heterocycles. The van der Waals surface area contributed by atoms with E-state index in [4.69, 9.17) is 21.1 Å². The highest BCUT2D eigenvalue weighted by atomic mass is 79.9. The lowest BCUT2D eigenvalue weighted by Gasteiger charge is -2.47. The number of aromatic nitrogens is 3. The minimum atomic E-state index is -1.44. The third-order valence-electron chi connectivity index (χ3n) is 7.54. The van der Waals surface area contributed by atoms with Gasteiger partial charge < -0.3 is 29.7 Å². The van der Waals surface area contributed by atoms with Gasteiger partial charge in [0.1, 0.15) is 30.0 Å². The Labute approximate surface area is 251 Å². The van der Waals surface area contributed by atoms with Gasteiger partial charge in [0.05, 0.1) is 41.6 Å². The fourth-order valence-corrected chi connectivity index (χ4v) is 5.97. The van der Waals surface area contributed by atoms with Crippen LogP contribution in [0.5, 0.6) is 0 Å². The molecule has 0 bridgehead atoms. The van der Waals surface area contributed by atoms with Crippen LogP contribution in [0.1, 0.15) is 24.4 Å². The maximum atomic E-state index is 14.2. The summed E-state index contributed by atoms with van der Waals surface area (Å²) in [4.78, 5) is 15.6. The quantitative estimate of drug-likeness (QED) is 0.323. The van der Waals surface area contributed by atoms with E-state index in [1.165, 1.54) is 35.0 Å². The number of aliphatic hydroxyl groups is 3. The fraction of sp³-hybridized carbons (Fsp3) is 0.407. The van der Waals surface area contributed by atoms with Gasteiger partial charge >= 0.3 is 0 Å². The minimum absolute atomic E-state index is 0.0881. The van der Waals surface area contributed by atoms with Crippen molar-refractivity contribution in [1.29, 1.82) is 5.26 Å². The van der Waals surface area contributed by atoms with Gasteiger partial charge in [-0.25, -0.2) is 13.5 Å². The molecule has 222 valence electrons. The lowest BCUT2D eigenvalue weighted by atomic mass is 9.85. The number of benzene rings is 2. The molecule has 0 radical (unpaired) electrons. The third kappa shape index (κ3) is 5.53. The first-order valence-electron chi connectivity index (χ1n) is 12.8. The van der Waals surface area contributed by atoms with E-state index in [0.29, 0.717) is 23.0 Å². The van der Waals surface area contributed by atoms with Crippen LogP contribution >= 0.6 is 27.5 Å². The summed E-state index contributed by atoms with van der Waals surface area (Å²) in [5.41, 5.74) is 0.799. The van der Waals surface area contributed by atoms with Crippen LogP contribution < -0.4 is 4.90 Å². The van der Waals surface area contributed by atoms with Crippen molar-refractivity contribution >= 4 is 39.1 Å². The predicted octanol–water partition coefficient (Wildman–Crippen LogP) is 2.74. The summed E-state index contributed by atoms with van der Waals surface area (Å²) in [5, 5.41) is 48.8. The smallest absolute Gasteiger partial charge is 0.259 e. The molecule has 1 amide bonds. The van der Waals surface area contributed by atoms with Crippen LogP contribution in [0.3, 0.4) is 0 Å². The molecule has 2 aliphatic rings. The van der Waals surface area contributed by atoms with Crippen molar-refractivity contribution < 1.29 is 38.4 Å². The highest BCUT2D eigenvalue weighted by Crippen LogP contribution is 2.38. The van der Waals surface area contributed by atoms with Crippen molar-refractivity contribution in [3.63, 3.8) is 0 Å². The van der Waals surface area contributed by atoms with Gasteiger partial charge in [0.25, 0.3) is 5.91 Å². The van der Waals surface area contributed by atoms with Crippen molar-refractivity contribution in [3.8, 4) is 17.3 Å². The molecule has 1 aliphatic carbocycles. The number of methoxy groups -OCH3 is 1. The zero-order valence-electron chi connectivity index (χ0n) is 21.9. The molecule has 5 rings (SSSR count). The second-order valence-electron chi connectivity index (χ2n) is 10.0. The molecule has 2 fully saturated rings. The van der Waals surface area contributed by atoms with Crippen LogP contribution in [0.15, 0.2) is 41.0 Å². The molecule has 3 aromatic rings. The number of nitrogens with zero attached hydrogens (tertiary/aromatic N) is 5. The molecule has 5 unspecified atom stereocenters. The Kier molecular flexibility index (Phi) is 8.91. The lowest BCUT2D eigenvalue weighted by Crippen LogP contribution is -2.64. The number of nitriles is 1. The number of amides is 1. The first-order valence-corrected chi connectivity index (χ1v) is 14.0. The van der Waals surface area contributed by atoms with Gasteiger partial charge in [0, 0.05) is 22.8 Å². The average molecular weight is 669 g/mol. The number of carbonyl (C=O) groups is 1. The summed E-state index contributed by atoms with van der Waals surface area (Å²) < 4.78 is 41.1. The highest BCUT2D eigenvalue weighted by molar-refractivity contribution is 9.10. The van der Waals surface area contributed by atoms with E-state index >= 15 is 0 Å². The van der Waals surface area contributed by atoms with Gasteiger partial charge in [-0.05, 0) is 43.2 Å². The van der Waals surface area contributed by atoms with Crippen molar-refractivity contribution in [2.75, 3.05) is 18.6 Å². The highest BCUT2D eigenvalue weighted by Gasteiger charge is 2.52. The zero-order chi connectivity index (χ0) is 30.3. The molecule has 15 heteroatoms. The Hall–Kier alpha value is -3.03. The maximum Gasteiger partial charge on any atom is 0.259 e. The number of hydrogen-bond acceptors (Lipinski definition) is 9. The van der Waals surface area contributed by atoms with E-state index in [2.05, 4.69) is 26.2 Å². The fourth-order valence-electron chi connectivity index (χ4n) is 5.28. The first kappa shape index (κ1) is 30.4. The van der Waals surface area contributed by atoms with Gasteiger partial charge in [0.2, 0.25) is 0 Å². The normalized spacial score (nSPS) is 27.3. The third-order valence-corrected chi connectivity index (χ3v) is 8.27. The number of anilines is 1. The minimum Gasteiger partial charge on any atom is -0.394 e. The van der Waals surface area contributed by atoms with Crippen molar-refractivity contribution in [2.24, 2.45) is 0 Å². The monoisotopic (exact) mass is 667 g/mol. The standard InChI is InChI=1S/C27H25BrClF2N5O6/c1-41-25-23(35-10-18(33-34-35)13-6-16(29)22(31)17(30)7-13)24(39)21(11-37)42-26(25)27(40)36(19-2-3-20(19)38)15-5-12(9-32)4-14(28)8-15/h4-8,10,19-21,23-26,37-39H,2-3,11H2,1H3/t19-,20-,21?,23?,24?,25?,26?/m0/s1. The Balaban J connectivity index is 1.54. The molecule has 42 heavy (non-hydrogen) atoms. The molecule has 7 atom stereocenters. The lowest BCUT2D eigenvalue weighted by molar-refractivity contribution is -0.211. The predicted molar refractivity (Wildman–Crippen MR) is 147 cm³/mol. The molecule has 2 aromatic carbocycles. The Morgan fingerprint density at radius 2 is 2.05 bits per heavy atom. The molecular weight excluding hydrogens is 644 g/mol. The second-order valence-corrected chi connectivity index (χ2v) is 11.3. The summed E-state index contributed by atoms with van der Waals surface area (Å²) in [6, 6.07) is 7.04. The van der Waals surface area contributed by atoms with E-state index in [-0.39, 0.29) is 16.8 Å². The number of rotatable bonds is 7. The van der Waals surface area contributed by atoms with Gasteiger partial charge in [-0.2, -0.15) is 5.26 Å². The van der Waals surface area contributed by atoms with E-state index in [1.807, 2.05) is 6.07 Å². The molecule has 1 saturated heterocycles. The van der Waals surface area contributed by atoms with Crippen LogP contribution in [0.25, 0.3) is 11.3 Å². The topological polar surface area (TPSA) is 154 Å². The number of carbonyl (C=O) groups excluding carboxylic acids is 1. The second kappa shape index (κ2) is 12.3. The number of halogens is 4. The van der Waals surface area contributed by atoms with Crippen LogP contribution in [0.4, 0.5) is 14.5 Å². The largest absolute Gasteiger partial charge is 0.394 e. The van der Waals surface area contributed by atoms with Crippen LogP contribution in [0, 0.1) is 23.0 Å². The van der Waals surface area contributed by atoms with Crippen LogP contribution in [-0.2, 0) is 14.3 Å². The van der Waals surface area contributed by atoms with Gasteiger partial charge in [0.15, 0.2) is 17.7 Å². The first-order chi connectivity index (χ1) is 20.1. The Bertz CT molecular complexity index is 1520. The zero-order valence-corrected chi connectivity index (χ0v) is 24.3. The van der Waals surface area contributed by atoms with Crippen LogP contribution in [-0.4, -0.2) is 86.5 Å². The summed E-state index contributed by atoms with van der Waals surface area (Å²) >= 11 is 9.15. The van der Waals surface area contributed by atoms with E-state index in [0.717, 1.165) is 6.07 Å². The van der Waals surface area contributed by atoms with Crippen molar-refractivity contribution in [3.05, 3.63) is 63.2 Å². The number of ether oxygens (including phenoxy) is 2. The van der Waals surface area contributed by atoms with Crippen molar-refractivity contribution in [1.82, 2.24) is 15.0 Å². The average Bonchev–Trinajstić information content (AvgIpc) is 3.46. The number of hydrogen-bond donors (Lipinski definition) is 3. The van der Waals surface area contributed by atoms with Gasteiger partial charge in [-0.15, -0.1) is 5.10 Å². The van der Waals surface area contributed by atoms with E-state index in [1.54, 1.807) is 12.1 Å². The summed E-state index contributed by atoms with van der Waals surface area (Å²) in [5.74, 6) is -3.05. The molecule has 0 spiro atoms.